The fraction of sp³-hybridized carbons (Fsp3) is 0.353. The van der Waals surface area contributed by atoms with Crippen LogP contribution in [0.4, 0.5) is 13.2 Å². The molecule has 7 heteroatoms. The molecule has 3 rings (SSSR count). The maximum Gasteiger partial charge on any atom is 0.416 e. The molecular weight excluding hydrogens is 323 g/mol. The fourth-order valence-electron chi connectivity index (χ4n) is 3.10. The Morgan fingerprint density at radius 2 is 2.00 bits per heavy atom. The molecule has 1 amide bonds. The lowest BCUT2D eigenvalue weighted by Crippen LogP contribution is -2.32. The Kier molecular flexibility index (Phi) is 4.13. The van der Waals surface area contributed by atoms with Crippen molar-refractivity contribution in [2.75, 3.05) is 6.54 Å². The molecule has 1 aliphatic rings. The summed E-state index contributed by atoms with van der Waals surface area (Å²) in [7, 11) is 0. The van der Waals surface area contributed by atoms with E-state index in [-0.39, 0.29) is 24.3 Å². The van der Waals surface area contributed by atoms with Crippen molar-refractivity contribution >= 4 is 5.91 Å². The average molecular weight is 339 g/mol. The molecule has 0 bridgehead atoms. The number of likely N-dealkylation sites (tertiary alicyclic amines) is 1. The summed E-state index contributed by atoms with van der Waals surface area (Å²) in [6.45, 7) is 1.65. The average Bonchev–Trinajstić information content (AvgIpc) is 3.11. The molecule has 0 saturated carbocycles. The number of carbonyl (C=O) groups excluding carboxylic acids is 1. The standard InChI is InChI=1S/C17H16F3NO3/c1-10-6-7-24-15(10)16(23)21-9-11(22)8-14(21)12-4-2-3-5-13(12)17(18,19)20/h2-7,11,14,22H,8-9H2,1H3/t11-,14-/m0/s1. The molecule has 2 atom stereocenters. The van der Waals surface area contributed by atoms with Crippen LogP contribution in [0.3, 0.4) is 0 Å². The Labute approximate surface area is 136 Å². The maximum absolute atomic E-state index is 13.3. The van der Waals surface area contributed by atoms with Crippen molar-refractivity contribution in [1.29, 1.82) is 0 Å². The summed E-state index contributed by atoms with van der Waals surface area (Å²) in [6, 6.07) is 5.89. The predicted molar refractivity (Wildman–Crippen MR) is 79.3 cm³/mol. The van der Waals surface area contributed by atoms with Gasteiger partial charge in [0.25, 0.3) is 5.91 Å². The summed E-state index contributed by atoms with van der Waals surface area (Å²) in [5.41, 5.74) is -0.207. The molecule has 1 fully saturated rings. The van der Waals surface area contributed by atoms with Crippen LogP contribution in [0.15, 0.2) is 41.0 Å². The van der Waals surface area contributed by atoms with Gasteiger partial charge in [0.05, 0.1) is 24.0 Å². The third-order valence-corrected chi connectivity index (χ3v) is 4.22. The summed E-state index contributed by atoms with van der Waals surface area (Å²) in [4.78, 5) is 13.9. The van der Waals surface area contributed by atoms with Crippen molar-refractivity contribution < 1.29 is 27.5 Å². The largest absolute Gasteiger partial charge is 0.459 e. The number of alkyl halides is 3. The van der Waals surface area contributed by atoms with Crippen LogP contribution in [0.2, 0.25) is 0 Å². The smallest absolute Gasteiger partial charge is 0.416 e. The number of rotatable bonds is 2. The summed E-state index contributed by atoms with van der Waals surface area (Å²) in [6.07, 6.45) is -4.00. The summed E-state index contributed by atoms with van der Waals surface area (Å²) in [5, 5.41) is 9.93. The number of furan rings is 1. The van der Waals surface area contributed by atoms with Crippen LogP contribution in [-0.4, -0.2) is 28.6 Å². The summed E-state index contributed by atoms with van der Waals surface area (Å²) >= 11 is 0. The van der Waals surface area contributed by atoms with Gasteiger partial charge in [-0.05, 0) is 31.0 Å². The lowest BCUT2D eigenvalue weighted by molar-refractivity contribution is -0.138. The number of benzene rings is 1. The first-order valence-corrected chi connectivity index (χ1v) is 7.48. The Morgan fingerprint density at radius 1 is 1.29 bits per heavy atom. The highest BCUT2D eigenvalue weighted by molar-refractivity contribution is 5.93. The number of hydrogen-bond donors (Lipinski definition) is 1. The van der Waals surface area contributed by atoms with E-state index in [0.29, 0.717) is 5.56 Å². The first-order chi connectivity index (χ1) is 11.3. The normalized spacial score (nSPS) is 21.3. The molecule has 0 aliphatic carbocycles. The highest BCUT2D eigenvalue weighted by Crippen LogP contribution is 2.41. The lowest BCUT2D eigenvalue weighted by atomic mass is 9.97. The van der Waals surface area contributed by atoms with E-state index in [1.165, 1.54) is 29.4 Å². The van der Waals surface area contributed by atoms with Crippen LogP contribution in [0, 0.1) is 6.92 Å². The lowest BCUT2D eigenvalue weighted by Gasteiger charge is -2.26. The summed E-state index contributed by atoms with van der Waals surface area (Å²) in [5.74, 6) is -0.436. The van der Waals surface area contributed by atoms with Gasteiger partial charge in [-0.25, -0.2) is 0 Å². The number of β-amino-alcohol motifs (C(OH)–C–C–N with tert-alkyl or cyclic N) is 1. The van der Waals surface area contributed by atoms with E-state index in [2.05, 4.69) is 0 Å². The van der Waals surface area contributed by atoms with Gasteiger partial charge >= 0.3 is 6.18 Å². The van der Waals surface area contributed by atoms with E-state index in [1.807, 2.05) is 0 Å². The van der Waals surface area contributed by atoms with Crippen LogP contribution < -0.4 is 0 Å². The Bertz CT molecular complexity index is 754. The third-order valence-electron chi connectivity index (χ3n) is 4.22. The molecule has 1 aromatic heterocycles. The number of carbonyl (C=O) groups is 1. The van der Waals surface area contributed by atoms with Crippen LogP contribution >= 0.6 is 0 Å². The molecule has 0 spiro atoms. The van der Waals surface area contributed by atoms with Gasteiger partial charge in [-0.15, -0.1) is 0 Å². The van der Waals surface area contributed by atoms with Gasteiger partial charge in [-0.3, -0.25) is 4.79 Å². The highest BCUT2D eigenvalue weighted by atomic mass is 19.4. The van der Waals surface area contributed by atoms with E-state index >= 15 is 0 Å². The molecule has 1 aliphatic heterocycles. The van der Waals surface area contributed by atoms with Crippen LogP contribution in [0.1, 0.15) is 39.7 Å². The van der Waals surface area contributed by atoms with Crippen molar-refractivity contribution in [2.45, 2.75) is 31.7 Å². The van der Waals surface area contributed by atoms with Crippen molar-refractivity contribution in [2.24, 2.45) is 0 Å². The molecule has 2 aromatic rings. The number of nitrogens with zero attached hydrogens (tertiary/aromatic N) is 1. The minimum atomic E-state index is -4.53. The van der Waals surface area contributed by atoms with E-state index < -0.39 is 29.8 Å². The number of halogens is 3. The molecular formula is C17H16F3NO3. The van der Waals surface area contributed by atoms with E-state index in [9.17, 15) is 23.1 Å². The number of aryl methyl sites for hydroxylation is 1. The molecule has 1 N–H and O–H groups in total. The first-order valence-electron chi connectivity index (χ1n) is 7.48. The second-order valence-corrected chi connectivity index (χ2v) is 5.88. The quantitative estimate of drug-likeness (QED) is 0.910. The van der Waals surface area contributed by atoms with Gasteiger partial charge in [0.1, 0.15) is 0 Å². The third kappa shape index (κ3) is 2.91. The molecule has 1 aromatic carbocycles. The summed E-state index contributed by atoms with van der Waals surface area (Å²) < 4.78 is 45.0. The highest BCUT2D eigenvalue weighted by Gasteiger charge is 2.42. The van der Waals surface area contributed by atoms with Crippen LogP contribution in [0.25, 0.3) is 0 Å². The Morgan fingerprint density at radius 3 is 2.62 bits per heavy atom. The Balaban J connectivity index is 2.01. The topological polar surface area (TPSA) is 53.7 Å². The van der Waals surface area contributed by atoms with Gasteiger partial charge in [0, 0.05) is 12.1 Å². The Hall–Kier alpha value is -2.28. The SMILES string of the molecule is Cc1ccoc1C(=O)N1C[C@@H](O)C[C@H]1c1ccccc1C(F)(F)F. The second kappa shape index (κ2) is 5.98. The predicted octanol–water partition coefficient (Wildman–Crippen LogP) is 3.55. The van der Waals surface area contributed by atoms with Crippen molar-refractivity contribution in [3.8, 4) is 0 Å². The molecule has 0 radical (unpaired) electrons. The van der Waals surface area contributed by atoms with Gasteiger partial charge in [0.2, 0.25) is 0 Å². The molecule has 2 heterocycles. The monoisotopic (exact) mass is 339 g/mol. The fourth-order valence-corrected chi connectivity index (χ4v) is 3.10. The van der Waals surface area contributed by atoms with E-state index in [4.69, 9.17) is 4.42 Å². The van der Waals surface area contributed by atoms with E-state index in [1.54, 1.807) is 13.0 Å². The minimum absolute atomic E-state index is 0.0147. The number of aliphatic hydroxyl groups excluding tert-OH is 1. The minimum Gasteiger partial charge on any atom is -0.459 e. The number of amides is 1. The first kappa shape index (κ1) is 16.6. The van der Waals surface area contributed by atoms with Gasteiger partial charge in [-0.2, -0.15) is 13.2 Å². The van der Waals surface area contributed by atoms with Crippen molar-refractivity contribution in [1.82, 2.24) is 4.90 Å². The van der Waals surface area contributed by atoms with Gasteiger partial charge in [0.15, 0.2) is 5.76 Å². The van der Waals surface area contributed by atoms with E-state index in [0.717, 1.165) is 6.07 Å². The maximum atomic E-state index is 13.3. The van der Waals surface area contributed by atoms with Crippen molar-refractivity contribution in [3.05, 3.63) is 59.0 Å². The molecule has 0 unspecified atom stereocenters. The zero-order chi connectivity index (χ0) is 17.5. The second-order valence-electron chi connectivity index (χ2n) is 5.88. The van der Waals surface area contributed by atoms with Crippen molar-refractivity contribution in [3.63, 3.8) is 0 Å². The molecule has 128 valence electrons. The number of hydrogen-bond acceptors (Lipinski definition) is 3. The molecule has 4 nitrogen and oxygen atoms in total. The zero-order valence-corrected chi connectivity index (χ0v) is 12.9. The number of aliphatic hydroxyl groups is 1. The molecule has 24 heavy (non-hydrogen) atoms. The van der Waals surface area contributed by atoms with Gasteiger partial charge < -0.3 is 14.4 Å². The van der Waals surface area contributed by atoms with Crippen LogP contribution in [-0.2, 0) is 6.18 Å². The molecule has 1 saturated heterocycles. The van der Waals surface area contributed by atoms with Gasteiger partial charge in [-0.1, -0.05) is 18.2 Å². The van der Waals surface area contributed by atoms with Crippen LogP contribution in [0.5, 0.6) is 0 Å². The zero-order valence-electron chi connectivity index (χ0n) is 12.9.